The third-order valence-electron chi connectivity index (χ3n) is 5.24. The molecule has 1 atom stereocenters. The predicted molar refractivity (Wildman–Crippen MR) is 125 cm³/mol. The molecule has 0 saturated carbocycles. The standard InChI is InChI=1S/C22H19Cl2N7O3/c1-31-22(34)18(14(11-32)10-25-31)13-7-5-12(6-8-13)9-17(20-27-29-30-28-20)26-21(33)19-15(23)3-2-4-16(19)24/h2-8,10,17,32H,9,11H2,1H3,(H,26,33)(H,27,28,29,30)/t17-/m0/s1. The van der Waals surface area contributed by atoms with Gasteiger partial charge in [-0.3, -0.25) is 9.59 Å². The van der Waals surface area contributed by atoms with E-state index in [9.17, 15) is 14.7 Å². The second-order valence-electron chi connectivity index (χ2n) is 7.43. The van der Waals surface area contributed by atoms with Crippen LogP contribution in [-0.4, -0.2) is 41.4 Å². The van der Waals surface area contributed by atoms with Crippen molar-refractivity contribution >= 4 is 29.1 Å². The summed E-state index contributed by atoms with van der Waals surface area (Å²) < 4.78 is 1.21. The first-order valence-corrected chi connectivity index (χ1v) is 10.9. The fourth-order valence-corrected chi connectivity index (χ4v) is 4.08. The molecule has 12 heteroatoms. The highest BCUT2D eigenvalue weighted by Gasteiger charge is 2.23. The number of aryl methyl sites for hydroxylation is 1. The smallest absolute Gasteiger partial charge is 0.274 e. The number of aromatic nitrogens is 6. The molecule has 0 spiro atoms. The molecule has 0 radical (unpaired) electrons. The summed E-state index contributed by atoms with van der Waals surface area (Å²) in [6.45, 7) is -0.309. The van der Waals surface area contributed by atoms with Gasteiger partial charge in [0.1, 0.15) is 0 Å². The van der Waals surface area contributed by atoms with Gasteiger partial charge >= 0.3 is 0 Å². The van der Waals surface area contributed by atoms with E-state index in [2.05, 4.69) is 31.0 Å². The van der Waals surface area contributed by atoms with Gasteiger partial charge < -0.3 is 10.4 Å². The molecular weight excluding hydrogens is 481 g/mol. The van der Waals surface area contributed by atoms with Crippen LogP contribution in [0.4, 0.5) is 0 Å². The molecule has 0 unspecified atom stereocenters. The van der Waals surface area contributed by atoms with Gasteiger partial charge in [0.2, 0.25) is 0 Å². The minimum Gasteiger partial charge on any atom is -0.392 e. The molecule has 4 aromatic rings. The summed E-state index contributed by atoms with van der Waals surface area (Å²) in [6, 6.07) is 11.3. The lowest BCUT2D eigenvalue weighted by Gasteiger charge is -2.17. The van der Waals surface area contributed by atoms with Crippen LogP contribution in [0.2, 0.25) is 10.0 Å². The SMILES string of the molecule is Cn1ncc(CO)c(-c2ccc(C[C@H](NC(=O)c3c(Cl)cccc3Cl)c3nn[nH]n3)cc2)c1=O. The topological polar surface area (TPSA) is 139 Å². The molecule has 0 aliphatic heterocycles. The van der Waals surface area contributed by atoms with E-state index >= 15 is 0 Å². The molecule has 1 amide bonds. The molecule has 174 valence electrons. The molecular formula is C22H19Cl2N7O3. The molecule has 0 saturated heterocycles. The monoisotopic (exact) mass is 499 g/mol. The summed E-state index contributed by atoms with van der Waals surface area (Å²) in [5.74, 6) is -0.193. The van der Waals surface area contributed by atoms with Crippen molar-refractivity contribution in [3.63, 3.8) is 0 Å². The highest BCUT2D eigenvalue weighted by Crippen LogP contribution is 2.26. The zero-order valence-electron chi connectivity index (χ0n) is 17.9. The second-order valence-corrected chi connectivity index (χ2v) is 8.24. The van der Waals surface area contributed by atoms with Gasteiger partial charge in [0.05, 0.1) is 40.0 Å². The van der Waals surface area contributed by atoms with E-state index < -0.39 is 11.9 Å². The number of halogens is 2. The second kappa shape index (κ2) is 10.1. The van der Waals surface area contributed by atoms with Crippen LogP contribution in [0.15, 0.2) is 53.5 Å². The highest BCUT2D eigenvalue weighted by molar-refractivity contribution is 6.39. The molecule has 0 bridgehead atoms. The average Bonchev–Trinajstić information content (AvgIpc) is 3.36. The number of hydrogen-bond donors (Lipinski definition) is 3. The van der Waals surface area contributed by atoms with Crippen LogP contribution >= 0.6 is 23.2 Å². The van der Waals surface area contributed by atoms with Gasteiger partial charge in [-0.25, -0.2) is 4.68 Å². The van der Waals surface area contributed by atoms with E-state index in [0.717, 1.165) is 5.56 Å². The number of aromatic amines is 1. The molecule has 3 N–H and O–H groups in total. The summed E-state index contributed by atoms with van der Waals surface area (Å²) in [5, 5.41) is 30.9. The number of hydrogen-bond acceptors (Lipinski definition) is 7. The number of tetrazole rings is 1. The number of rotatable bonds is 7. The van der Waals surface area contributed by atoms with E-state index in [1.807, 2.05) is 12.1 Å². The van der Waals surface area contributed by atoms with E-state index in [1.165, 1.54) is 10.9 Å². The predicted octanol–water partition coefficient (Wildman–Crippen LogP) is 2.47. The van der Waals surface area contributed by atoms with Crippen molar-refractivity contribution in [3.05, 3.63) is 91.6 Å². The minimum absolute atomic E-state index is 0.153. The van der Waals surface area contributed by atoms with Gasteiger partial charge in [0, 0.05) is 19.0 Å². The lowest BCUT2D eigenvalue weighted by Crippen LogP contribution is -2.31. The first kappa shape index (κ1) is 23.6. The van der Waals surface area contributed by atoms with Gasteiger partial charge in [-0.1, -0.05) is 58.7 Å². The fourth-order valence-electron chi connectivity index (χ4n) is 3.51. The Morgan fingerprint density at radius 3 is 2.50 bits per heavy atom. The zero-order chi connectivity index (χ0) is 24.2. The highest BCUT2D eigenvalue weighted by atomic mass is 35.5. The molecule has 34 heavy (non-hydrogen) atoms. The number of nitrogens with zero attached hydrogens (tertiary/aromatic N) is 5. The Morgan fingerprint density at radius 2 is 1.88 bits per heavy atom. The number of aliphatic hydroxyl groups is 1. The van der Waals surface area contributed by atoms with Crippen molar-refractivity contribution in [2.24, 2.45) is 7.05 Å². The number of amides is 1. The van der Waals surface area contributed by atoms with Crippen molar-refractivity contribution in [2.75, 3.05) is 0 Å². The van der Waals surface area contributed by atoms with Gasteiger partial charge in [-0.05, 0) is 23.3 Å². The fraction of sp³-hybridized carbons (Fsp3) is 0.182. The van der Waals surface area contributed by atoms with E-state index in [-0.39, 0.29) is 33.6 Å². The van der Waals surface area contributed by atoms with Crippen LogP contribution in [0.3, 0.4) is 0 Å². The maximum Gasteiger partial charge on any atom is 0.274 e. The quantitative estimate of drug-likeness (QED) is 0.354. The van der Waals surface area contributed by atoms with Crippen LogP contribution in [0.1, 0.15) is 33.4 Å². The normalized spacial score (nSPS) is 11.9. The summed E-state index contributed by atoms with van der Waals surface area (Å²) >= 11 is 12.3. The van der Waals surface area contributed by atoms with Crippen LogP contribution in [0, 0.1) is 0 Å². The zero-order valence-corrected chi connectivity index (χ0v) is 19.4. The van der Waals surface area contributed by atoms with Crippen molar-refractivity contribution in [1.29, 1.82) is 0 Å². The van der Waals surface area contributed by atoms with E-state index in [0.29, 0.717) is 23.1 Å². The third-order valence-corrected chi connectivity index (χ3v) is 5.87. The molecule has 2 heterocycles. The Balaban J connectivity index is 1.61. The first-order chi connectivity index (χ1) is 16.4. The third kappa shape index (κ3) is 4.84. The first-order valence-electron chi connectivity index (χ1n) is 10.1. The van der Waals surface area contributed by atoms with Gasteiger partial charge in [0.15, 0.2) is 5.82 Å². The number of aliphatic hydroxyl groups excluding tert-OH is 1. The van der Waals surface area contributed by atoms with Crippen LogP contribution in [0.25, 0.3) is 11.1 Å². The van der Waals surface area contributed by atoms with E-state index in [1.54, 1.807) is 37.4 Å². The Kier molecular flexibility index (Phi) is 7.01. The molecule has 0 aliphatic rings. The summed E-state index contributed by atoms with van der Waals surface area (Å²) in [5.41, 5.74) is 2.12. The lowest BCUT2D eigenvalue weighted by atomic mass is 9.99. The van der Waals surface area contributed by atoms with Gasteiger partial charge in [0.25, 0.3) is 11.5 Å². The Hall–Kier alpha value is -3.60. The van der Waals surface area contributed by atoms with E-state index in [4.69, 9.17) is 23.2 Å². The number of benzene rings is 2. The lowest BCUT2D eigenvalue weighted by molar-refractivity contribution is 0.0935. The number of H-pyrrole nitrogens is 1. The Morgan fingerprint density at radius 1 is 1.18 bits per heavy atom. The summed E-state index contributed by atoms with van der Waals surface area (Å²) in [6.07, 6.45) is 1.79. The van der Waals surface area contributed by atoms with Crippen LogP contribution in [-0.2, 0) is 20.1 Å². The van der Waals surface area contributed by atoms with Crippen molar-refractivity contribution < 1.29 is 9.90 Å². The maximum absolute atomic E-state index is 12.9. The van der Waals surface area contributed by atoms with Gasteiger partial charge in [-0.2, -0.15) is 10.3 Å². The molecule has 2 aromatic carbocycles. The number of carbonyl (C=O) groups excluding carboxylic acids is 1. The van der Waals surface area contributed by atoms with Crippen molar-refractivity contribution in [1.82, 2.24) is 35.7 Å². The molecule has 0 fully saturated rings. The van der Waals surface area contributed by atoms with Crippen LogP contribution < -0.4 is 10.9 Å². The summed E-state index contributed by atoms with van der Waals surface area (Å²) in [4.78, 5) is 25.5. The molecule has 2 aromatic heterocycles. The Labute approximate surface area is 203 Å². The number of carbonyl (C=O) groups is 1. The van der Waals surface area contributed by atoms with Crippen LogP contribution in [0.5, 0.6) is 0 Å². The Bertz CT molecular complexity index is 1350. The van der Waals surface area contributed by atoms with Crippen molar-refractivity contribution in [3.8, 4) is 11.1 Å². The summed E-state index contributed by atoms with van der Waals surface area (Å²) in [7, 11) is 1.55. The minimum atomic E-state index is -0.633. The molecule has 0 aliphatic carbocycles. The van der Waals surface area contributed by atoms with Crippen molar-refractivity contribution in [2.45, 2.75) is 19.1 Å². The number of nitrogens with one attached hydrogen (secondary N) is 2. The molecule has 4 rings (SSSR count). The maximum atomic E-state index is 12.9. The molecule has 10 nitrogen and oxygen atoms in total. The largest absolute Gasteiger partial charge is 0.392 e. The van der Waals surface area contributed by atoms with Gasteiger partial charge in [-0.15, -0.1) is 10.2 Å². The average molecular weight is 500 g/mol.